The lowest BCUT2D eigenvalue weighted by molar-refractivity contribution is 0.0737. The van der Waals surface area contributed by atoms with Gasteiger partial charge in [0, 0.05) is 31.3 Å². The lowest BCUT2D eigenvalue weighted by atomic mass is 9.99. The Balaban J connectivity index is 0.972. The average Bonchev–Trinajstić information content (AvgIpc) is 3.84. The standard InChI is InChI=1S/C29H35N7O2/c1-29(2,38)26-11-6-18(15-30-26)16-31-28(37)25-17-36(35-34-25)12-4-3-5-21-13-23-24(33-32-21)14-22(19-7-8-19)27(23)20-9-10-20/h6,11,13,15,17,19-20,38H,3-5,7-10,12,14,16H2,1-2H3,(H,31,37). The number of nitrogens with zero attached hydrogens (tertiary/aromatic N) is 6. The van der Waals surface area contributed by atoms with Crippen LogP contribution >= 0.6 is 0 Å². The zero-order valence-corrected chi connectivity index (χ0v) is 22.2. The van der Waals surface area contributed by atoms with Crippen LogP contribution < -0.4 is 5.32 Å². The SMILES string of the molecule is CC(C)(O)c1ccc(CNC(=O)c2cn(CCCCc3cc4c(nn3)CC(C3CC3)=C4C3CC3)nn2)cn1. The molecule has 0 radical (unpaired) electrons. The molecule has 0 saturated heterocycles. The van der Waals surface area contributed by atoms with Crippen molar-refractivity contribution in [3.05, 3.63) is 70.1 Å². The monoisotopic (exact) mass is 513 g/mol. The van der Waals surface area contributed by atoms with Crippen LogP contribution in [0.3, 0.4) is 0 Å². The van der Waals surface area contributed by atoms with Crippen molar-refractivity contribution in [1.82, 2.24) is 35.5 Å². The third-order valence-corrected chi connectivity index (χ3v) is 7.72. The molecule has 0 unspecified atom stereocenters. The summed E-state index contributed by atoms with van der Waals surface area (Å²) in [5, 5.41) is 30.2. The van der Waals surface area contributed by atoms with E-state index in [0.29, 0.717) is 24.5 Å². The van der Waals surface area contributed by atoms with E-state index in [1.165, 1.54) is 36.9 Å². The van der Waals surface area contributed by atoms with Crippen LogP contribution in [0, 0.1) is 11.8 Å². The second-order valence-corrected chi connectivity index (χ2v) is 11.5. The number of rotatable bonds is 11. The van der Waals surface area contributed by atoms with E-state index in [9.17, 15) is 9.90 Å². The first-order chi connectivity index (χ1) is 18.3. The molecule has 2 fully saturated rings. The fourth-order valence-electron chi connectivity index (χ4n) is 5.30. The summed E-state index contributed by atoms with van der Waals surface area (Å²) < 4.78 is 1.72. The topological polar surface area (TPSA) is 119 Å². The smallest absolute Gasteiger partial charge is 0.273 e. The van der Waals surface area contributed by atoms with Crippen molar-refractivity contribution in [1.29, 1.82) is 0 Å². The molecule has 2 saturated carbocycles. The van der Waals surface area contributed by atoms with E-state index in [4.69, 9.17) is 0 Å². The summed E-state index contributed by atoms with van der Waals surface area (Å²) in [7, 11) is 0. The molecule has 198 valence electrons. The molecule has 0 aromatic carbocycles. The van der Waals surface area contributed by atoms with Crippen molar-refractivity contribution in [3.8, 4) is 0 Å². The van der Waals surface area contributed by atoms with Gasteiger partial charge in [-0.15, -0.1) is 5.10 Å². The Morgan fingerprint density at radius 1 is 1.11 bits per heavy atom. The van der Waals surface area contributed by atoms with Crippen LogP contribution in [0.2, 0.25) is 0 Å². The van der Waals surface area contributed by atoms with Crippen molar-refractivity contribution in [2.75, 3.05) is 0 Å². The van der Waals surface area contributed by atoms with Gasteiger partial charge in [0.15, 0.2) is 5.69 Å². The largest absolute Gasteiger partial charge is 0.384 e. The van der Waals surface area contributed by atoms with Gasteiger partial charge in [-0.25, -0.2) is 0 Å². The lowest BCUT2D eigenvalue weighted by Crippen LogP contribution is -2.23. The molecule has 1 amide bonds. The van der Waals surface area contributed by atoms with Gasteiger partial charge in [-0.1, -0.05) is 16.9 Å². The molecule has 0 bridgehead atoms. The number of aromatic nitrogens is 6. The molecule has 0 aliphatic heterocycles. The highest BCUT2D eigenvalue weighted by molar-refractivity contribution is 5.91. The van der Waals surface area contributed by atoms with Crippen molar-refractivity contribution in [3.63, 3.8) is 0 Å². The summed E-state index contributed by atoms with van der Waals surface area (Å²) in [4.78, 5) is 16.8. The first-order valence-electron chi connectivity index (χ1n) is 13.8. The summed E-state index contributed by atoms with van der Waals surface area (Å²) in [6.07, 6.45) is 12.5. The Morgan fingerprint density at radius 3 is 2.63 bits per heavy atom. The fraction of sp³-hybridized carbons (Fsp3) is 0.517. The van der Waals surface area contributed by atoms with Crippen LogP contribution in [0.25, 0.3) is 5.57 Å². The Kier molecular flexibility index (Phi) is 6.55. The van der Waals surface area contributed by atoms with Gasteiger partial charge in [0.2, 0.25) is 0 Å². The minimum Gasteiger partial charge on any atom is -0.384 e. The number of hydrogen-bond donors (Lipinski definition) is 2. The number of pyridine rings is 1. The summed E-state index contributed by atoms with van der Waals surface area (Å²) in [5.41, 5.74) is 7.66. The number of hydrogen-bond acceptors (Lipinski definition) is 7. The summed E-state index contributed by atoms with van der Waals surface area (Å²) >= 11 is 0. The van der Waals surface area contributed by atoms with Gasteiger partial charge >= 0.3 is 0 Å². The predicted octanol–water partition coefficient (Wildman–Crippen LogP) is 3.77. The van der Waals surface area contributed by atoms with Gasteiger partial charge < -0.3 is 10.4 Å². The molecular formula is C29H35N7O2. The second-order valence-electron chi connectivity index (χ2n) is 11.5. The van der Waals surface area contributed by atoms with Crippen molar-refractivity contribution >= 4 is 11.5 Å². The minimum atomic E-state index is -0.995. The Bertz CT molecular complexity index is 1360. The quantitative estimate of drug-likeness (QED) is 0.375. The van der Waals surface area contributed by atoms with E-state index in [0.717, 1.165) is 48.8 Å². The van der Waals surface area contributed by atoms with E-state index in [-0.39, 0.29) is 5.91 Å². The molecule has 6 rings (SSSR count). The van der Waals surface area contributed by atoms with Gasteiger partial charge in [-0.3, -0.25) is 14.5 Å². The Morgan fingerprint density at radius 2 is 1.92 bits per heavy atom. The van der Waals surface area contributed by atoms with Gasteiger partial charge in [0.05, 0.1) is 23.3 Å². The highest BCUT2D eigenvalue weighted by Crippen LogP contribution is 2.53. The van der Waals surface area contributed by atoms with E-state index in [2.05, 4.69) is 36.9 Å². The molecule has 3 aromatic rings. The van der Waals surface area contributed by atoms with Crippen LogP contribution in [-0.4, -0.2) is 41.2 Å². The number of aliphatic hydroxyl groups is 1. The highest BCUT2D eigenvalue weighted by atomic mass is 16.3. The van der Waals surface area contributed by atoms with E-state index in [1.807, 2.05) is 6.07 Å². The molecule has 9 heteroatoms. The number of carbonyl (C=O) groups is 1. The van der Waals surface area contributed by atoms with Crippen LogP contribution in [0.4, 0.5) is 0 Å². The third-order valence-electron chi connectivity index (χ3n) is 7.72. The van der Waals surface area contributed by atoms with E-state index < -0.39 is 5.60 Å². The zero-order chi connectivity index (χ0) is 26.3. The maximum Gasteiger partial charge on any atom is 0.273 e. The van der Waals surface area contributed by atoms with Crippen LogP contribution in [0.5, 0.6) is 0 Å². The van der Waals surface area contributed by atoms with Crippen LogP contribution in [-0.2, 0) is 31.5 Å². The molecule has 0 atom stereocenters. The Labute approximate surface area is 222 Å². The Hall–Kier alpha value is -3.46. The number of allylic oxidation sites excluding steroid dienone is 2. The van der Waals surface area contributed by atoms with E-state index >= 15 is 0 Å². The molecule has 2 N–H and O–H groups in total. The van der Waals surface area contributed by atoms with E-state index in [1.54, 1.807) is 48.1 Å². The molecule has 3 aliphatic carbocycles. The highest BCUT2D eigenvalue weighted by Gasteiger charge is 2.40. The number of fused-ring (bicyclic) bond motifs is 1. The number of nitrogens with one attached hydrogen (secondary N) is 1. The number of aryl methyl sites for hydroxylation is 2. The number of unbranched alkanes of at least 4 members (excludes halogenated alkanes) is 1. The third kappa shape index (κ3) is 5.53. The van der Waals surface area contributed by atoms with Crippen molar-refractivity contribution in [2.45, 2.75) is 83.9 Å². The molecule has 0 spiro atoms. The number of amides is 1. The molecule has 3 aliphatic rings. The molecule has 3 heterocycles. The van der Waals surface area contributed by atoms with Gasteiger partial charge in [-0.2, -0.15) is 10.2 Å². The van der Waals surface area contributed by atoms with Gasteiger partial charge in [-0.05, 0) is 93.9 Å². The average molecular weight is 514 g/mol. The van der Waals surface area contributed by atoms with Crippen LogP contribution in [0.1, 0.15) is 91.1 Å². The summed E-state index contributed by atoms with van der Waals surface area (Å²) in [6.45, 7) is 4.40. The predicted molar refractivity (Wildman–Crippen MR) is 142 cm³/mol. The summed E-state index contributed by atoms with van der Waals surface area (Å²) in [5.74, 6) is 1.29. The maximum atomic E-state index is 12.5. The molecular weight excluding hydrogens is 478 g/mol. The number of carbonyl (C=O) groups excluding carboxylic acids is 1. The molecule has 3 aromatic heterocycles. The second kappa shape index (κ2) is 10.0. The maximum absolute atomic E-state index is 12.5. The molecule has 9 nitrogen and oxygen atoms in total. The van der Waals surface area contributed by atoms with Crippen molar-refractivity contribution in [2.24, 2.45) is 11.8 Å². The summed E-state index contributed by atoms with van der Waals surface area (Å²) in [6, 6.07) is 5.91. The first-order valence-corrected chi connectivity index (χ1v) is 13.8. The van der Waals surface area contributed by atoms with Gasteiger partial charge in [0.1, 0.15) is 5.60 Å². The minimum absolute atomic E-state index is 0.277. The zero-order valence-electron chi connectivity index (χ0n) is 22.2. The van der Waals surface area contributed by atoms with Crippen LogP contribution in [0.15, 0.2) is 36.2 Å². The van der Waals surface area contributed by atoms with Crippen molar-refractivity contribution < 1.29 is 9.90 Å². The first kappa shape index (κ1) is 24.9. The normalized spacial score (nSPS) is 17.1. The molecule has 38 heavy (non-hydrogen) atoms. The lowest BCUT2D eigenvalue weighted by Gasteiger charge is -2.16. The van der Waals surface area contributed by atoms with Gasteiger partial charge in [0.25, 0.3) is 5.91 Å². The fourth-order valence-corrected chi connectivity index (χ4v) is 5.30.